The molecule has 0 spiro atoms. The van der Waals surface area contributed by atoms with E-state index in [1.54, 1.807) is 7.05 Å². The van der Waals surface area contributed by atoms with E-state index in [0.29, 0.717) is 15.8 Å². The number of hydrogen-bond acceptors (Lipinski definition) is 4. The standard InChI is InChI=1S/C13H12BrNO2S2/c1-3-17-10-5-4-8(6-9(10)14)7-11-12(16)15(2)13(18)19-11/h4-7H,3H2,1-2H3/b11-7+. The molecule has 1 heterocycles. The van der Waals surface area contributed by atoms with Gasteiger partial charge in [0.05, 0.1) is 16.0 Å². The number of amides is 1. The number of rotatable bonds is 3. The molecule has 0 aliphatic carbocycles. The van der Waals surface area contributed by atoms with Crippen molar-refractivity contribution in [3.8, 4) is 5.75 Å². The van der Waals surface area contributed by atoms with E-state index in [2.05, 4.69) is 15.9 Å². The maximum Gasteiger partial charge on any atom is 0.265 e. The van der Waals surface area contributed by atoms with Crippen LogP contribution in [0.1, 0.15) is 12.5 Å². The van der Waals surface area contributed by atoms with E-state index in [1.807, 2.05) is 31.2 Å². The van der Waals surface area contributed by atoms with Crippen LogP contribution < -0.4 is 4.74 Å². The number of halogens is 1. The topological polar surface area (TPSA) is 29.5 Å². The molecule has 0 aromatic heterocycles. The summed E-state index contributed by atoms with van der Waals surface area (Å²) in [7, 11) is 1.69. The fraction of sp³-hybridized carbons (Fsp3) is 0.231. The van der Waals surface area contributed by atoms with Crippen molar-refractivity contribution in [2.24, 2.45) is 0 Å². The van der Waals surface area contributed by atoms with Gasteiger partial charge in [0.25, 0.3) is 5.91 Å². The van der Waals surface area contributed by atoms with Gasteiger partial charge in [0.15, 0.2) is 0 Å². The van der Waals surface area contributed by atoms with Gasteiger partial charge in [-0.2, -0.15) is 0 Å². The van der Waals surface area contributed by atoms with Crippen molar-refractivity contribution in [1.29, 1.82) is 0 Å². The van der Waals surface area contributed by atoms with Gasteiger partial charge in [0.1, 0.15) is 10.1 Å². The largest absolute Gasteiger partial charge is 0.493 e. The Morgan fingerprint density at radius 2 is 2.26 bits per heavy atom. The monoisotopic (exact) mass is 357 g/mol. The lowest BCUT2D eigenvalue weighted by molar-refractivity contribution is -0.121. The van der Waals surface area contributed by atoms with Crippen LogP contribution in [0.3, 0.4) is 0 Å². The van der Waals surface area contributed by atoms with Crippen LogP contribution in [-0.2, 0) is 4.79 Å². The number of likely N-dealkylation sites (N-methyl/N-ethyl adjacent to an activating group) is 1. The Hall–Kier alpha value is -0.850. The minimum Gasteiger partial charge on any atom is -0.493 e. The summed E-state index contributed by atoms with van der Waals surface area (Å²) < 4.78 is 6.90. The Morgan fingerprint density at radius 1 is 1.53 bits per heavy atom. The van der Waals surface area contributed by atoms with Crippen LogP contribution in [0.4, 0.5) is 0 Å². The molecule has 6 heteroatoms. The second-order valence-electron chi connectivity index (χ2n) is 3.86. The van der Waals surface area contributed by atoms with Gasteiger partial charge in [-0.25, -0.2) is 0 Å². The first-order valence-corrected chi connectivity index (χ1v) is 7.68. The molecule has 1 aromatic rings. The summed E-state index contributed by atoms with van der Waals surface area (Å²) in [5, 5.41) is 0. The van der Waals surface area contributed by atoms with Crippen LogP contribution >= 0.6 is 39.9 Å². The van der Waals surface area contributed by atoms with Crippen molar-refractivity contribution in [3.05, 3.63) is 33.1 Å². The van der Waals surface area contributed by atoms with E-state index in [9.17, 15) is 4.79 Å². The van der Waals surface area contributed by atoms with Gasteiger partial charge in [-0.3, -0.25) is 9.69 Å². The molecule has 1 amide bonds. The maximum absolute atomic E-state index is 11.9. The van der Waals surface area contributed by atoms with Crippen LogP contribution in [-0.4, -0.2) is 28.8 Å². The van der Waals surface area contributed by atoms with Crippen LogP contribution in [0.2, 0.25) is 0 Å². The van der Waals surface area contributed by atoms with Gasteiger partial charge in [0, 0.05) is 7.05 Å². The van der Waals surface area contributed by atoms with Crippen molar-refractivity contribution >= 4 is 56.2 Å². The number of carbonyl (C=O) groups is 1. The first-order chi connectivity index (χ1) is 9.02. The van der Waals surface area contributed by atoms with E-state index in [-0.39, 0.29) is 5.91 Å². The van der Waals surface area contributed by atoms with Gasteiger partial charge in [-0.1, -0.05) is 30.0 Å². The highest BCUT2D eigenvalue weighted by Crippen LogP contribution is 2.33. The van der Waals surface area contributed by atoms with Crippen LogP contribution in [0, 0.1) is 0 Å². The summed E-state index contributed by atoms with van der Waals surface area (Å²) >= 11 is 9.86. The highest BCUT2D eigenvalue weighted by Gasteiger charge is 2.28. The lowest BCUT2D eigenvalue weighted by Gasteiger charge is -2.06. The number of thioether (sulfide) groups is 1. The number of carbonyl (C=O) groups excluding carboxylic acids is 1. The molecule has 0 radical (unpaired) electrons. The normalized spacial score (nSPS) is 17.4. The molecule has 1 saturated heterocycles. The van der Waals surface area contributed by atoms with Gasteiger partial charge in [0.2, 0.25) is 0 Å². The van der Waals surface area contributed by atoms with Crippen molar-refractivity contribution in [2.75, 3.05) is 13.7 Å². The van der Waals surface area contributed by atoms with E-state index in [0.717, 1.165) is 15.8 Å². The number of nitrogens with zero attached hydrogens (tertiary/aromatic N) is 1. The Kier molecular flexibility index (Phi) is 4.65. The minimum absolute atomic E-state index is 0.0555. The third kappa shape index (κ3) is 3.19. The average Bonchev–Trinajstić information content (AvgIpc) is 2.61. The fourth-order valence-electron chi connectivity index (χ4n) is 1.58. The SMILES string of the molecule is CCOc1ccc(/C=C2/SC(=S)N(C)C2=O)cc1Br. The molecule has 1 aliphatic heterocycles. The predicted octanol–water partition coefficient (Wildman–Crippen LogP) is 3.68. The molecule has 100 valence electrons. The minimum atomic E-state index is -0.0555. The van der Waals surface area contributed by atoms with E-state index < -0.39 is 0 Å². The Bertz CT molecular complexity index is 572. The zero-order valence-corrected chi connectivity index (χ0v) is 13.7. The summed E-state index contributed by atoms with van der Waals surface area (Å²) in [5.41, 5.74) is 0.935. The van der Waals surface area contributed by atoms with Gasteiger partial charge < -0.3 is 4.74 Å². The molecular formula is C13H12BrNO2S2. The second kappa shape index (κ2) is 6.07. The quantitative estimate of drug-likeness (QED) is 0.609. The van der Waals surface area contributed by atoms with Gasteiger partial charge in [-0.15, -0.1) is 0 Å². The lowest BCUT2D eigenvalue weighted by Crippen LogP contribution is -2.22. The zero-order chi connectivity index (χ0) is 14.0. The molecule has 0 saturated carbocycles. The van der Waals surface area contributed by atoms with Gasteiger partial charge in [-0.05, 0) is 46.6 Å². The predicted molar refractivity (Wildman–Crippen MR) is 86.2 cm³/mol. The molecule has 0 atom stereocenters. The summed E-state index contributed by atoms with van der Waals surface area (Å²) in [4.78, 5) is 14.0. The molecule has 0 bridgehead atoms. The summed E-state index contributed by atoms with van der Waals surface area (Å²) in [6.07, 6.45) is 1.84. The van der Waals surface area contributed by atoms with Crippen molar-refractivity contribution in [1.82, 2.24) is 4.90 Å². The number of ether oxygens (including phenoxy) is 1. The Labute approximate surface area is 130 Å². The van der Waals surface area contributed by atoms with Gasteiger partial charge >= 0.3 is 0 Å². The number of hydrogen-bond donors (Lipinski definition) is 0. The van der Waals surface area contributed by atoms with Crippen LogP contribution in [0.5, 0.6) is 5.75 Å². The first kappa shape index (κ1) is 14.6. The van der Waals surface area contributed by atoms with E-state index in [4.69, 9.17) is 17.0 Å². The Morgan fingerprint density at radius 3 is 2.79 bits per heavy atom. The van der Waals surface area contributed by atoms with Crippen molar-refractivity contribution in [2.45, 2.75) is 6.92 Å². The van der Waals surface area contributed by atoms with Crippen molar-refractivity contribution < 1.29 is 9.53 Å². The molecular weight excluding hydrogens is 346 g/mol. The maximum atomic E-state index is 11.9. The number of benzene rings is 1. The fourth-order valence-corrected chi connectivity index (χ4v) is 3.27. The van der Waals surface area contributed by atoms with E-state index in [1.165, 1.54) is 16.7 Å². The summed E-state index contributed by atoms with van der Waals surface area (Å²) in [5.74, 6) is 0.739. The molecule has 1 fully saturated rings. The zero-order valence-electron chi connectivity index (χ0n) is 10.5. The third-order valence-corrected chi connectivity index (χ3v) is 4.64. The highest BCUT2D eigenvalue weighted by molar-refractivity contribution is 9.10. The molecule has 19 heavy (non-hydrogen) atoms. The third-order valence-electron chi connectivity index (χ3n) is 2.54. The molecule has 0 unspecified atom stereocenters. The lowest BCUT2D eigenvalue weighted by atomic mass is 10.2. The van der Waals surface area contributed by atoms with E-state index >= 15 is 0 Å². The summed E-state index contributed by atoms with van der Waals surface area (Å²) in [6.45, 7) is 2.55. The second-order valence-corrected chi connectivity index (χ2v) is 6.39. The first-order valence-electron chi connectivity index (χ1n) is 5.67. The smallest absolute Gasteiger partial charge is 0.265 e. The van der Waals surface area contributed by atoms with Crippen molar-refractivity contribution in [3.63, 3.8) is 0 Å². The molecule has 0 N–H and O–H groups in total. The molecule has 3 nitrogen and oxygen atoms in total. The highest BCUT2D eigenvalue weighted by atomic mass is 79.9. The molecule has 1 aromatic carbocycles. The number of thiocarbonyl (C=S) groups is 1. The molecule has 2 rings (SSSR count). The average molecular weight is 358 g/mol. The van der Waals surface area contributed by atoms with Crippen LogP contribution in [0.15, 0.2) is 27.6 Å². The summed E-state index contributed by atoms with van der Waals surface area (Å²) in [6, 6.07) is 5.72. The van der Waals surface area contributed by atoms with Crippen LogP contribution in [0.25, 0.3) is 6.08 Å². The molecule has 1 aliphatic rings. The Balaban J connectivity index is 2.27.